The van der Waals surface area contributed by atoms with Crippen LogP contribution in [0.1, 0.15) is 0 Å². The fraction of sp³-hybridized carbons (Fsp3) is 0.143. The van der Waals surface area contributed by atoms with E-state index >= 15 is 0 Å². The second-order valence-electron chi connectivity index (χ2n) is 2.46. The standard InChI is InChI=1S/C7H4Cl2N2O/c8-4-1-5(9)7-10-6(12)3-11(7)2-4/h1-2H,3H2. The van der Waals surface area contributed by atoms with Gasteiger partial charge in [0.05, 0.1) is 10.1 Å². The molecule has 2 heterocycles. The highest BCUT2D eigenvalue weighted by atomic mass is 35.5. The normalized spacial score (nSPS) is 21.7. The van der Waals surface area contributed by atoms with E-state index in [1.165, 1.54) is 0 Å². The van der Waals surface area contributed by atoms with Crippen LogP contribution in [0.15, 0.2) is 27.3 Å². The van der Waals surface area contributed by atoms with E-state index in [1.54, 1.807) is 17.2 Å². The monoisotopic (exact) mass is 202 g/mol. The highest BCUT2D eigenvalue weighted by molar-refractivity contribution is 6.46. The third-order valence-electron chi connectivity index (χ3n) is 1.57. The van der Waals surface area contributed by atoms with E-state index in [-0.39, 0.29) is 12.5 Å². The van der Waals surface area contributed by atoms with Crippen LogP contribution in [0.3, 0.4) is 0 Å². The maximum absolute atomic E-state index is 10.9. The summed E-state index contributed by atoms with van der Waals surface area (Å²) in [6, 6.07) is 0. The largest absolute Gasteiger partial charge is 0.321 e. The first-order valence-electron chi connectivity index (χ1n) is 3.30. The Morgan fingerprint density at radius 2 is 2.25 bits per heavy atom. The van der Waals surface area contributed by atoms with Crippen molar-refractivity contribution in [2.24, 2.45) is 4.99 Å². The smallest absolute Gasteiger partial charge is 0.267 e. The van der Waals surface area contributed by atoms with Crippen LogP contribution in [0.4, 0.5) is 0 Å². The fourth-order valence-corrected chi connectivity index (χ4v) is 1.66. The summed E-state index contributed by atoms with van der Waals surface area (Å²) in [7, 11) is 0. The summed E-state index contributed by atoms with van der Waals surface area (Å²) >= 11 is 11.5. The fourth-order valence-electron chi connectivity index (χ4n) is 1.11. The summed E-state index contributed by atoms with van der Waals surface area (Å²) in [4.78, 5) is 16.2. The molecule has 5 heteroatoms. The van der Waals surface area contributed by atoms with Crippen LogP contribution in [0, 0.1) is 0 Å². The molecule has 0 radical (unpaired) electrons. The number of amides is 1. The number of aliphatic imine (C=N–C) groups is 1. The number of amidine groups is 1. The van der Waals surface area contributed by atoms with Gasteiger partial charge in [0.1, 0.15) is 6.54 Å². The van der Waals surface area contributed by atoms with Crippen molar-refractivity contribution in [1.82, 2.24) is 4.90 Å². The predicted molar refractivity (Wildman–Crippen MR) is 47.0 cm³/mol. The number of fused-ring (bicyclic) bond motifs is 1. The predicted octanol–water partition coefficient (Wildman–Crippen LogP) is 1.44. The Balaban J connectivity index is 2.44. The van der Waals surface area contributed by atoms with Gasteiger partial charge in [-0.2, -0.15) is 4.99 Å². The summed E-state index contributed by atoms with van der Waals surface area (Å²) in [6.07, 6.45) is 3.20. The SMILES string of the molecule is O=C1CN2C=C(Cl)C=C(Cl)C2=N1. The van der Waals surface area contributed by atoms with E-state index in [2.05, 4.69) is 4.99 Å². The zero-order chi connectivity index (χ0) is 8.72. The van der Waals surface area contributed by atoms with Crippen molar-refractivity contribution in [2.75, 3.05) is 6.54 Å². The van der Waals surface area contributed by atoms with Gasteiger partial charge in [0.2, 0.25) is 0 Å². The van der Waals surface area contributed by atoms with Gasteiger partial charge in [0.15, 0.2) is 5.84 Å². The van der Waals surface area contributed by atoms with Crippen LogP contribution in [0.5, 0.6) is 0 Å². The Morgan fingerprint density at radius 3 is 3.00 bits per heavy atom. The minimum absolute atomic E-state index is 0.195. The van der Waals surface area contributed by atoms with Gasteiger partial charge >= 0.3 is 0 Å². The van der Waals surface area contributed by atoms with Gasteiger partial charge in [-0.1, -0.05) is 23.2 Å². The molecule has 0 aromatic rings. The lowest BCUT2D eigenvalue weighted by Gasteiger charge is -2.17. The van der Waals surface area contributed by atoms with Crippen LogP contribution in [-0.4, -0.2) is 23.2 Å². The maximum Gasteiger partial charge on any atom is 0.267 e. The molecule has 2 rings (SSSR count). The van der Waals surface area contributed by atoms with Crippen LogP contribution in [0.2, 0.25) is 0 Å². The minimum Gasteiger partial charge on any atom is -0.321 e. The van der Waals surface area contributed by atoms with Crippen molar-refractivity contribution in [3.8, 4) is 0 Å². The second-order valence-corrected chi connectivity index (χ2v) is 3.31. The highest BCUT2D eigenvalue weighted by Crippen LogP contribution is 2.24. The van der Waals surface area contributed by atoms with Crippen molar-refractivity contribution in [2.45, 2.75) is 0 Å². The Bertz CT molecular complexity index is 343. The molecule has 0 unspecified atom stereocenters. The number of carbonyl (C=O) groups is 1. The Labute approximate surface area is 79.0 Å². The molecule has 3 nitrogen and oxygen atoms in total. The van der Waals surface area contributed by atoms with E-state index in [0.29, 0.717) is 15.9 Å². The summed E-state index contributed by atoms with van der Waals surface area (Å²) in [5.41, 5.74) is 0. The minimum atomic E-state index is -0.195. The van der Waals surface area contributed by atoms with Crippen molar-refractivity contribution >= 4 is 34.9 Å². The lowest BCUT2D eigenvalue weighted by Crippen LogP contribution is -2.25. The van der Waals surface area contributed by atoms with E-state index in [1.807, 2.05) is 0 Å². The first kappa shape index (κ1) is 7.83. The number of rotatable bonds is 0. The van der Waals surface area contributed by atoms with Gasteiger partial charge in [0, 0.05) is 6.20 Å². The molecule has 62 valence electrons. The van der Waals surface area contributed by atoms with Crippen molar-refractivity contribution in [3.05, 3.63) is 22.3 Å². The summed E-state index contributed by atoms with van der Waals surface area (Å²) < 4.78 is 0. The van der Waals surface area contributed by atoms with Crippen LogP contribution in [0.25, 0.3) is 0 Å². The van der Waals surface area contributed by atoms with Gasteiger partial charge < -0.3 is 4.90 Å². The Kier molecular flexibility index (Phi) is 1.70. The number of nitrogens with zero attached hydrogens (tertiary/aromatic N) is 2. The molecule has 0 aromatic heterocycles. The number of allylic oxidation sites excluding steroid dienone is 2. The maximum atomic E-state index is 10.9. The van der Waals surface area contributed by atoms with Gasteiger partial charge in [-0.05, 0) is 6.08 Å². The molecule has 0 N–H and O–H groups in total. The van der Waals surface area contributed by atoms with Gasteiger partial charge in [-0.3, -0.25) is 4.79 Å². The van der Waals surface area contributed by atoms with Gasteiger partial charge in [-0.25, -0.2) is 0 Å². The van der Waals surface area contributed by atoms with E-state index in [9.17, 15) is 4.79 Å². The lowest BCUT2D eigenvalue weighted by molar-refractivity contribution is -0.116. The molecule has 0 bridgehead atoms. The molecule has 0 spiro atoms. The molecule has 0 saturated heterocycles. The lowest BCUT2D eigenvalue weighted by atomic mass is 10.3. The van der Waals surface area contributed by atoms with E-state index < -0.39 is 0 Å². The first-order chi connectivity index (χ1) is 5.66. The van der Waals surface area contributed by atoms with Crippen LogP contribution in [-0.2, 0) is 4.79 Å². The molecule has 0 saturated carbocycles. The van der Waals surface area contributed by atoms with Gasteiger partial charge in [-0.15, -0.1) is 0 Å². The van der Waals surface area contributed by atoms with Gasteiger partial charge in [0.25, 0.3) is 5.91 Å². The molecule has 2 aliphatic rings. The quantitative estimate of drug-likeness (QED) is 0.596. The topological polar surface area (TPSA) is 32.7 Å². The van der Waals surface area contributed by atoms with E-state index in [4.69, 9.17) is 23.2 Å². The molecule has 0 atom stereocenters. The highest BCUT2D eigenvalue weighted by Gasteiger charge is 2.26. The molecular formula is C7H4Cl2N2O. The van der Waals surface area contributed by atoms with Crippen molar-refractivity contribution in [1.29, 1.82) is 0 Å². The molecule has 1 amide bonds. The number of carbonyl (C=O) groups excluding carboxylic acids is 1. The average molecular weight is 203 g/mol. The van der Waals surface area contributed by atoms with Crippen LogP contribution < -0.4 is 0 Å². The summed E-state index contributed by atoms with van der Waals surface area (Å²) in [5, 5.41) is 0.919. The molecule has 2 aliphatic heterocycles. The van der Waals surface area contributed by atoms with Crippen LogP contribution >= 0.6 is 23.2 Å². The zero-order valence-electron chi connectivity index (χ0n) is 5.92. The summed E-state index contributed by atoms with van der Waals surface area (Å²) in [6.45, 7) is 0.232. The average Bonchev–Trinajstić information content (AvgIpc) is 2.29. The van der Waals surface area contributed by atoms with E-state index in [0.717, 1.165) is 0 Å². The summed E-state index contributed by atoms with van der Waals surface area (Å²) in [5.74, 6) is 0.297. The zero-order valence-corrected chi connectivity index (χ0v) is 7.43. The van der Waals surface area contributed by atoms with Crippen molar-refractivity contribution < 1.29 is 4.79 Å². The number of halogens is 2. The number of hydrogen-bond acceptors (Lipinski definition) is 2. The Morgan fingerprint density at radius 1 is 1.50 bits per heavy atom. The number of hydrogen-bond donors (Lipinski definition) is 0. The molecule has 0 aliphatic carbocycles. The first-order valence-corrected chi connectivity index (χ1v) is 4.05. The second kappa shape index (κ2) is 2.61. The third-order valence-corrected chi connectivity index (χ3v) is 2.05. The molecule has 0 aromatic carbocycles. The Hall–Kier alpha value is -0.800. The molecular weight excluding hydrogens is 199 g/mol. The third kappa shape index (κ3) is 1.15. The molecule has 12 heavy (non-hydrogen) atoms. The van der Waals surface area contributed by atoms with Crippen molar-refractivity contribution in [3.63, 3.8) is 0 Å². The molecule has 0 fully saturated rings.